The van der Waals surface area contributed by atoms with Gasteiger partial charge in [-0.15, -0.1) is 0 Å². The molecular weight excluding hydrogens is 246 g/mol. The van der Waals surface area contributed by atoms with Crippen molar-refractivity contribution in [2.24, 2.45) is 17.6 Å². The van der Waals surface area contributed by atoms with Gasteiger partial charge in [0.25, 0.3) is 0 Å². The van der Waals surface area contributed by atoms with Crippen LogP contribution >= 0.6 is 11.6 Å². The summed E-state index contributed by atoms with van der Waals surface area (Å²) in [7, 11) is 0. The lowest BCUT2D eigenvalue weighted by Crippen LogP contribution is -2.33. The van der Waals surface area contributed by atoms with Crippen LogP contribution in [0.25, 0.3) is 0 Å². The molecule has 1 aromatic rings. The van der Waals surface area contributed by atoms with Gasteiger partial charge >= 0.3 is 0 Å². The molecule has 3 heteroatoms. The number of hydrogen-bond donors (Lipinski definition) is 2. The number of nitrogens with two attached hydrogens (primary N) is 1. The second-order valence-corrected chi connectivity index (χ2v) is 5.90. The largest absolute Gasteiger partial charge is 0.392 e. The highest BCUT2D eigenvalue weighted by molar-refractivity contribution is 6.30. The van der Waals surface area contributed by atoms with Crippen LogP contribution < -0.4 is 5.73 Å². The van der Waals surface area contributed by atoms with Gasteiger partial charge in [0.05, 0.1) is 6.10 Å². The Morgan fingerprint density at radius 3 is 2.78 bits per heavy atom. The number of aliphatic hydroxyl groups excluding tert-OH is 1. The van der Waals surface area contributed by atoms with E-state index in [1.807, 2.05) is 24.3 Å². The van der Waals surface area contributed by atoms with Gasteiger partial charge in [-0.25, -0.2) is 0 Å². The molecule has 100 valence electrons. The third-order valence-electron chi connectivity index (χ3n) is 4.31. The normalized spacial score (nSPS) is 27.1. The summed E-state index contributed by atoms with van der Waals surface area (Å²) in [6, 6.07) is 7.70. The van der Waals surface area contributed by atoms with Crippen LogP contribution in [0.2, 0.25) is 5.02 Å². The average molecular weight is 268 g/mol. The van der Waals surface area contributed by atoms with Crippen LogP contribution in [0, 0.1) is 11.8 Å². The van der Waals surface area contributed by atoms with Crippen molar-refractivity contribution in [2.45, 2.75) is 38.2 Å². The van der Waals surface area contributed by atoms with Gasteiger partial charge < -0.3 is 10.8 Å². The van der Waals surface area contributed by atoms with Crippen molar-refractivity contribution in [3.63, 3.8) is 0 Å². The SMILES string of the molecule is CC1CCCC1C(O)C(CN)c1cccc(Cl)c1. The van der Waals surface area contributed by atoms with Crippen molar-refractivity contribution in [3.05, 3.63) is 34.9 Å². The third kappa shape index (κ3) is 2.87. The van der Waals surface area contributed by atoms with Crippen LogP contribution in [0.4, 0.5) is 0 Å². The first-order chi connectivity index (χ1) is 8.63. The molecule has 0 heterocycles. The van der Waals surface area contributed by atoms with E-state index in [4.69, 9.17) is 17.3 Å². The molecule has 1 aliphatic carbocycles. The summed E-state index contributed by atoms with van der Waals surface area (Å²) in [5.74, 6) is 0.958. The molecule has 4 atom stereocenters. The molecule has 0 aromatic heterocycles. The molecule has 1 aliphatic rings. The Balaban J connectivity index is 2.17. The number of benzene rings is 1. The van der Waals surface area contributed by atoms with E-state index in [1.54, 1.807) is 0 Å². The first-order valence-electron chi connectivity index (χ1n) is 6.77. The van der Waals surface area contributed by atoms with Crippen LogP contribution in [0.5, 0.6) is 0 Å². The van der Waals surface area contributed by atoms with Gasteiger partial charge in [-0.1, -0.05) is 43.5 Å². The molecule has 1 aromatic carbocycles. The van der Waals surface area contributed by atoms with Crippen LogP contribution in [0.3, 0.4) is 0 Å². The second-order valence-electron chi connectivity index (χ2n) is 5.46. The Kier molecular flexibility index (Phi) is 4.66. The molecule has 0 aliphatic heterocycles. The molecule has 0 saturated heterocycles. The van der Waals surface area contributed by atoms with E-state index >= 15 is 0 Å². The third-order valence-corrected chi connectivity index (χ3v) is 4.54. The molecule has 2 rings (SSSR count). The molecule has 2 nitrogen and oxygen atoms in total. The van der Waals surface area contributed by atoms with E-state index in [0.717, 1.165) is 12.0 Å². The quantitative estimate of drug-likeness (QED) is 0.880. The van der Waals surface area contributed by atoms with Crippen molar-refractivity contribution in [1.82, 2.24) is 0 Å². The van der Waals surface area contributed by atoms with Crippen molar-refractivity contribution < 1.29 is 5.11 Å². The standard InChI is InChI=1S/C15H22ClNO/c1-10-4-2-7-13(10)15(18)14(9-17)11-5-3-6-12(16)8-11/h3,5-6,8,10,13-15,18H,2,4,7,9,17H2,1H3. The van der Waals surface area contributed by atoms with Crippen LogP contribution in [0.15, 0.2) is 24.3 Å². The zero-order chi connectivity index (χ0) is 13.1. The Morgan fingerprint density at radius 1 is 1.44 bits per heavy atom. The molecule has 0 bridgehead atoms. The van der Waals surface area contributed by atoms with Crippen molar-refractivity contribution in [2.75, 3.05) is 6.54 Å². The monoisotopic (exact) mass is 267 g/mol. The maximum atomic E-state index is 10.6. The lowest BCUT2D eigenvalue weighted by Gasteiger charge is -2.29. The fraction of sp³-hybridized carbons (Fsp3) is 0.600. The van der Waals surface area contributed by atoms with Crippen molar-refractivity contribution in [3.8, 4) is 0 Å². The fourth-order valence-corrected chi connectivity index (χ4v) is 3.39. The van der Waals surface area contributed by atoms with E-state index in [1.165, 1.54) is 12.8 Å². The van der Waals surface area contributed by atoms with Gasteiger partial charge in [0.15, 0.2) is 0 Å². The van der Waals surface area contributed by atoms with Crippen molar-refractivity contribution in [1.29, 1.82) is 0 Å². The summed E-state index contributed by atoms with van der Waals surface area (Å²) < 4.78 is 0. The molecule has 4 unspecified atom stereocenters. The fourth-order valence-electron chi connectivity index (χ4n) is 3.19. The van der Waals surface area contributed by atoms with Crippen LogP contribution in [0.1, 0.15) is 37.7 Å². The molecular formula is C15H22ClNO. The van der Waals surface area contributed by atoms with Gasteiger partial charge in [-0.2, -0.15) is 0 Å². The summed E-state index contributed by atoms with van der Waals surface area (Å²) in [6.07, 6.45) is 3.19. The molecule has 1 fully saturated rings. The van der Waals surface area contributed by atoms with E-state index in [-0.39, 0.29) is 12.0 Å². The minimum atomic E-state index is -0.356. The van der Waals surface area contributed by atoms with Crippen LogP contribution in [-0.2, 0) is 0 Å². The minimum Gasteiger partial charge on any atom is -0.392 e. The van der Waals surface area contributed by atoms with E-state index in [0.29, 0.717) is 23.4 Å². The van der Waals surface area contributed by atoms with Gasteiger partial charge in [0.1, 0.15) is 0 Å². The molecule has 0 radical (unpaired) electrons. The summed E-state index contributed by atoms with van der Waals surface area (Å²) in [5, 5.41) is 11.3. The maximum absolute atomic E-state index is 10.6. The summed E-state index contributed by atoms with van der Waals surface area (Å²) in [6.45, 7) is 2.69. The highest BCUT2D eigenvalue weighted by Gasteiger charge is 2.34. The first-order valence-corrected chi connectivity index (χ1v) is 7.15. The van der Waals surface area contributed by atoms with Gasteiger partial charge in [-0.05, 0) is 36.0 Å². The summed E-state index contributed by atoms with van der Waals surface area (Å²) >= 11 is 6.02. The van der Waals surface area contributed by atoms with Gasteiger partial charge in [0.2, 0.25) is 0 Å². The average Bonchev–Trinajstić information content (AvgIpc) is 2.76. The number of aliphatic hydroxyl groups is 1. The predicted molar refractivity (Wildman–Crippen MR) is 75.8 cm³/mol. The smallest absolute Gasteiger partial charge is 0.0651 e. The second kappa shape index (κ2) is 6.05. The summed E-state index contributed by atoms with van der Waals surface area (Å²) in [4.78, 5) is 0. The zero-order valence-corrected chi connectivity index (χ0v) is 11.6. The minimum absolute atomic E-state index is 0.00532. The number of rotatable bonds is 4. The highest BCUT2D eigenvalue weighted by Crippen LogP contribution is 2.38. The van der Waals surface area contributed by atoms with E-state index in [2.05, 4.69) is 6.92 Å². The van der Waals surface area contributed by atoms with E-state index < -0.39 is 0 Å². The Labute approximate surface area is 114 Å². The Morgan fingerprint density at radius 2 is 2.22 bits per heavy atom. The van der Waals surface area contributed by atoms with Crippen molar-refractivity contribution >= 4 is 11.6 Å². The molecule has 18 heavy (non-hydrogen) atoms. The Bertz CT molecular complexity index is 396. The van der Waals surface area contributed by atoms with Gasteiger partial charge in [-0.3, -0.25) is 0 Å². The lowest BCUT2D eigenvalue weighted by molar-refractivity contribution is 0.0665. The molecule has 1 saturated carbocycles. The van der Waals surface area contributed by atoms with Crippen LogP contribution in [-0.4, -0.2) is 17.8 Å². The summed E-state index contributed by atoms with van der Waals surface area (Å²) in [5.41, 5.74) is 6.92. The zero-order valence-electron chi connectivity index (χ0n) is 10.8. The first kappa shape index (κ1) is 13.9. The highest BCUT2D eigenvalue weighted by atomic mass is 35.5. The topological polar surface area (TPSA) is 46.2 Å². The molecule has 0 spiro atoms. The van der Waals surface area contributed by atoms with Gasteiger partial charge in [0, 0.05) is 17.5 Å². The molecule has 0 amide bonds. The van der Waals surface area contributed by atoms with E-state index in [9.17, 15) is 5.11 Å². The predicted octanol–water partition coefficient (Wildman–Crippen LogP) is 3.18. The molecule has 3 N–H and O–H groups in total. The number of hydrogen-bond acceptors (Lipinski definition) is 2. The Hall–Kier alpha value is -0.570. The maximum Gasteiger partial charge on any atom is 0.0651 e. The number of halogens is 1. The lowest BCUT2D eigenvalue weighted by atomic mass is 9.81.